The van der Waals surface area contributed by atoms with Gasteiger partial charge >= 0.3 is 5.97 Å². The molecule has 0 spiro atoms. The molecule has 30 heavy (non-hydrogen) atoms. The largest absolute Gasteiger partial charge is 0.494 e. The Hall–Kier alpha value is -2.66. The normalized spacial score (nSPS) is 16.9. The minimum absolute atomic E-state index is 0.203. The highest BCUT2D eigenvalue weighted by Gasteiger charge is 2.33. The van der Waals surface area contributed by atoms with Gasteiger partial charge in [-0.15, -0.1) is 0 Å². The maximum atomic E-state index is 13.0. The van der Waals surface area contributed by atoms with Crippen LogP contribution in [-0.2, 0) is 17.6 Å². The number of likely N-dealkylation sites (tertiary alicyclic amines) is 1. The molecule has 1 aliphatic heterocycles. The van der Waals surface area contributed by atoms with Crippen molar-refractivity contribution in [3.05, 3.63) is 70.5 Å². The maximum absolute atomic E-state index is 13.0. The Kier molecular flexibility index (Phi) is 6.18. The van der Waals surface area contributed by atoms with Crippen molar-refractivity contribution in [1.29, 1.82) is 0 Å². The molecule has 0 bridgehead atoms. The summed E-state index contributed by atoms with van der Waals surface area (Å²) in [7, 11) is 0. The fourth-order valence-corrected chi connectivity index (χ4v) is 4.34. The van der Waals surface area contributed by atoms with Crippen LogP contribution in [0.4, 0.5) is 4.39 Å². The van der Waals surface area contributed by atoms with Gasteiger partial charge in [0.25, 0.3) is 0 Å². The Labute approximate surface area is 177 Å². The number of rotatable bonds is 8. The van der Waals surface area contributed by atoms with E-state index in [9.17, 15) is 9.18 Å². The molecule has 4 nitrogen and oxygen atoms in total. The first kappa shape index (κ1) is 20.6. The SMILES string of the molecule is CC1=C(CN2CC(C(=O)O)C2)CCc2cc(OCCCc3ccc(F)cc3)ccc21. The molecule has 158 valence electrons. The van der Waals surface area contributed by atoms with Gasteiger partial charge in [-0.3, -0.25) is 9.69 Å². The molecule has 1 N–H and O–H groups in total. The van der Waals surface area contributed by atoms with E-state index in [1.165, 1.54) is 34.4 Å². The van der Waals surface area contributed by atoms with E-state index in [-0.39, 0.29) is 11.7 Å². The van der Waals surface area contributed by atoms with E-state index < -0.39 is 5.97 Å². The number of allylic oxidation sites excluding steroid dienone is 1. The van der Waals surface area contributed by atoms with E-state index in [1.807, 2.05) is 18.2 Å². The van der Waals surface area contributed by atoms with E-state index in [2.05, 4.69) is 24.0 Å². The molecule has 2 aliphatic rings. The minimum atomic E-state index is -0.684. The number of halogens is 1. The molecule has 0 atom stereocenters. The molecular weight excluding hydrogens is 381 g/mol. The van der Waals surface area contributed by atoms with Crippen LogP contribution in [0.3, 0.4) is 0 Å². The standard InChI is InChI=1S/C25H28FNO3/c1-17-20(14-27-15-21(16-27)25(28)29)7-6-19-13-23(10-11-24(17)19)30-12-2-3-18-4-8-22(26)9-5-18/h4-5,8-11,13,21H,2-3,6-7,12,14-16H2,1H3,(H,28,29). The number of fused-ring (bicyclic) bond motifs is 1. The van der Waals surface area contributed by atoms with E-state index in [0.717, 1.165) is 43.5 Å². The smallest absolute Gasteiger partial charge is 0.309 e. The highest BCUT2D eigenvalue weighted by molar-refractivity contribution is 5.73. The highest BCUT2D eigenvalue weighted by atomic mass is 19.1. The van der Waals surface area contributed by atoms with Crippen LogP contribution in [0, 0.1) is 11.7 Å². The lowest BCUT2D eigenvalue weighted by Gasteiger charge is -2.38. The van der Waals surface area contributed by atoms with Crippen LogP contribution in [0.2, 0.25) is 0 Å². The van der Waals surface area contributed by atoms with Crippen LogP contribution in [-0.4, -0.2) is 42.2 Å². The van der Waals surface area contributed by atoms with Crippen molar-refractivity contribution in [3.8, 4) is 5.75 Å². The van der Waals surface area contributed by atoms with E-state index in [4.69, 9.17) is 9.84 Å². The van der Waals surface area contributed by atoms with Gasteiger partial charge in [0.1, 0.15) is 11.6 Å². The third-order valence-corrected chi connectivity index (χ3v) is 6.22. The topological polar surface area (TPSA) is 49.8 Å². The lowest BCUT2D eigenvalue weighted by Crippen LogP contribution is -2.50. The van der Waals surface area contributed by atoms with Crippen molar-refractivity contribution in [2.45, 2.75) is 32.6 Å². The Bertz CT molecular complexity index is 945. The molecular formula is C25H28FNO3. The third kappa shape index (κ3) is 4.73. The summed E-state index contributed by atoms with van der Waals surface area (Å²) in [4.78, 5) is 13.2. The number of ether oxygens (including phenoxy) is 1. The lowest BCUT2D eigenvalue weighted by atomic mass is 9.85. The van der Waals surface area contributed by atoms with Crippen LogP contribution in [0.15, 0.2) is 48.0 Å². The Balaban J connectivity index is 1.30. The summed E-state index contributed by atoms with van der Waals surface area (Å²) in [6.45, 7) is 4.99. The number of hydrogen-bond donors (Lipinski definition) is 1. The van der Waals surface area contributed by atoms with Gasteiger partial charge in [0.2, 0.25) is 0 Å². The number of nitrogens with zero attached hydrogens (tertiary/aromatic N) is 1. The predicted octanol–water partition coefficient (Wildman–Crippen LogP) is 4.57. The number of carboxylic acid groups (broad SMARTS) is 1. The molecule has 1 saturated heterocycles. The highest BCUT2D eigenvalue weighted by Crippen LogP contribution is 2.34. The Morgan fingerprint density at radius 3 is 2.67 bits per heavy atom. The predicted molar refractivity (Wildman–Crippen MR) is 115 cm³/mol. The van der Waals surface area contributed by atoms with Crippen molar-refractivity contribution in [2.24, 2.45) is 5.92 Å². The average molecular weight is 410 g/mol. The number of carbonyl (C=O) groups is 1. The van der Waals surface area contributed by atoms with Gasteiger partial charge in [-0.1, -0.05) is 23.8 Å². The van der Waals surface area contributed by atoms with Gasteiger partial charge in [-0.2, -0.15) is 0 Å². The second-order valence-corrected chi connectivity index (χ2v) is 8.36. The van der Waals surface area contributed by atoms with Crippen LogP contribution in [0.25, 0.3) is 5.57 Å². The van der Waals surface area contributed by atoms with Gasteiger partial charge in [0.05, 0.1) is 12.5 Å². The fraction of sp³-hybridized carbons (Fsp3) is 0.400. The number of hydrogen-bond acceptors (Lipinski definition) is 3. The summed E-state index contributed by atoms with van der Waals surface area (Å²) in [5.41, 5.74) is 6.46. The summed E-state index contributed by atoms with van der Waals surface area (Å²) in [6.07, 6.45) is 3.76. The lowest BCUT2D eigenvalue weighted by molar-refractivity contribution is -0.147. The summed E-state index contributed by atoms with van der Waals surface area (Å²) >= 11 is 0. The molecule has 0 amide bonds. The quantitative estimate of drug-likeness (QED) is 0.649. The first-order valence-corrected chi connectivity index (χ1v) is 10.6. The molecule has 5 heteroatoms. The van der Waals surface area contributed by atoms with E-state index >= 15 is 0 Å². The molecule has 0 aromatic heterocycles. The van der Waals surface area contributed by atoms with Crippen molar-refractivity contribution < 1.29 is 19.0 Å². The zero-order valence-electron chi connectivity index (χ0n) is 17.4. The Morgan fingerprint density at radius 2 is 1.93 bits per heavy atom. The first-order chi connectivity index (χ1) is 14.5. The third-order valence-electron chi connectivity index (χ3n) is 6.22. The minimum Gasteiger partial charge on any atom is -0.494 e. The van der Waals surface area contributed by atoms with Crippen molar-refractivity contribution in [2.75, 3.05) is 26.2 Å². The zero-order chi connectivity index (χ0) is 21.1. The molecule has 0 radical (unpaired) electrons. The van der Waals surface area contributed by atoms with Crippen LogP contribution < -0.4 is 4.74 Å². The average Bonchev–Trinajstić information content (AvgIpc) is 2.70. The van der Waals surface area contributed by atoms with Crippen LogP contribution in [0.1, 0.15) is 36.5 Å². The summed E-state index contributed by atoms with van der Waals surface area (Å²) in [5, 5.41) is 9.05. The van der Waals surface area contributed by atoms with Gasteiger partial charge in [-0.25, -0.2) is 4.39 Å². The number of aryl methyl sites for hydroxylation is 2. The number of benzene rings is 2. The summed E-state index contributed by atoms with van der Waals surface area (Å²) in [5.74, 6) is -0.192. The Morgan fingerprint density at radius 1 is 1.17 bits per heavy atom. The molecule has 2 aromatic carbocycles. The van der Waals surface area contributed by atoms with Crippen LogP contribution in [0.5, 0.6) is 5.75 Å². The molecule has 1 heterocycles. The van der Waals surface area contributed by atoms with Gasteiger partial charge in [0, 0.05) is 19.6 Å². The van der Waals surface area contributed by atoms with Crippen molar-refractivity contribution >= 4 is 11.5 Å². The molecule has 1 fully saturated rings. The van der Waals surface area contributed by atoms with Gasteiger partial charge in [-0.05, 0) is 79.1 Å². The van der Waals surface area contributed by atoms with Crippen molar-refractivity contribution in [1.82, 2.24) is 4.90 Å². The molecule has 0 saturated carbocycles. The summed E-state index contributed by atoms with van der Waals surface area (Å²) < 4.78 is 18.9. The summed E-state index contributed by atoms with van der Waals surface area (Å²) in [6, 6.07) is 13.0. The second kappa shape index (κ2) is 9.00. The molecule has 0 unspecified atom stereocenters. The number of aliphatic carboxylic acids is 1. The van der Waals surface area contributed by atoms with E-state index in [1.54, 1.807) is 0 Å². The monoisotopic (exact) mass is 409 g/mol. The molecule has 2 aromatic rings. The first-order valence-electron chi connectivity index (χ1n) is 10.6. The zero-order valence-corrected chi connectivity index (χ0v) is 17.4. The van der Waals surface area contributed by atoms with Crippen molar-refractivity contribution in [3.63, 3.8) is 0 Å². The van der Waals surface area contributed by atoms with Gasteiger partial charge in [0.15, 0.2) is 0 Å². The van der Waals surface area contributed by atoms with Gasteiger partial charge < -0.3 is 9.84 Å². The van der Waals surface area contributed by atoms with E-state index in [0.29, 0.717) is 19.7 Å². The molecule has 4 rings (SSSR count). The maximum Gasteiger partial charge on any atom is 0.309 e. The van der Waals surface area contributed by atoms with Crippen LogP contribution >= 0.6 is 0 Å². The fourth-order valence-electron chi connectivity index (χ4n) is 4.34. The number of carboxylic acids is 1. The molecule has 1 aliphatic carbocycles. The second-order valence-electron chi connectivity index (χ2n) is 8.36.